The molecule has 160 valence electrons. The Hall–Kier alpha value is -1.42. The molecule has 0 aliphatic rings. The van der Waals surface area contributed by atoms with Gasteiger partial charge in [-0.15, -0.1) is 0 Å². The SMILES string of the molecule is CCOc1ccc2c(C)c([I+]c3ccccc3)c(=O)oc2c1.[F][Sb-]([F])([F])([F])([F])[F]. The third-order valence-electron chi connectivity index (χ3n) is 3.32. The van der Waals surface area contributed by atoms with E-state index in [1.807, 2.05) is 44.2 Å². The number of fused-ring (bicyclic) bond motifs is 1. The molecule has 0 atom stereocenters. The van der Waals surface area contributed by atoms with Crippen molar-refractivity contribution in [2.24, 2.45) is 0 Å². The maximum absolute atomic E-state index is 12.3. The molecule has 0 spiro atoms. The normalized spacial score (nSPS) is 13.8. The Kier molecular flexibility index (Phi) is 6.59. The van der Waals surface area contributed by atoms with Crippen LogP contribution in [0.2, 0.25) is 0 Å². The fourth-order valence-electron chi connectivity index (χ4n) is 2.27. The van der Waals surface area contributed by atoms with Gasteiger partial charge in [-0.05, 0) is 38.1 Å². The van der Waals surface area contributed by atoms with Crippen LogP contribution in [0, 0.1) is 14.1 Å². The summed E-state index contributed by atoms with van der Waals surface area (Å²) in [5, 5.41) is 0.980. The van der Waals surface area contributed by atoms with E-state index in [2.05, 4.69) is 12.1 Å². The van der Waals surface area contributed by atoms with E-state index in [0.29, 0.717) is 12.2 Å². The van der Waals surface area contributed by atoms with Crippen molar-refractivity contribution in [2.75, 3.05) is 6.61 Å². The van der Waals surface area contributed by atoms with Crippen molar-refractivity contribution in [1.29, 1.82) is 0 Å². The van der Waals surface area contributed by atoms with E-state index in [9.17, 15) is 21.7 Å². The summed E-state index contributed by atoms with van der Waals surface area (Å²) in [7, 11) is 0. The van der Waals surface area contributed by atoms with Gasteiger partial charge in [0.1, 0.15) is 11.3 Å². The molecule has 0 aliphatic carbocycles. The van der Waals surface area contributed by atoms with Crippen LogP contribution < -0.4 is 31.6 Å². The van der Waals surface area contributed by atoms with Gasteiger partial charge < -0.3 is 9.15 Å². The summed E-state index contributed by atoms with van der Waals surface area (Å²) in [4.78, 5) is 12.3. The summed E-state index contributed by atoms with van der Waals surface area (Å²) in [5.74, 6) is 0.725. The quantitative estimate of drug-likeness (QED) is 0.190. The second kappa shape index (κ2) is 8.01. The van der Waals surface area contributed by atoms with Gasteiger partial charge in [0.15, 0.2) is 3.57 Å². The standard InChI is InChI=1S/C18H16IO3.6FH.Sb/c1-3-21-14-9-10-15-12(2)17(18(20)22-16(15)11-14)19-13-7-5-4-6-8-13;;;;;;;/h4-11H,3H2,1-2H3;6*1H;/q+1;;;;;;;+5/p-6. The Balaban J connectivity index is 0.000000370. The zero-order valence-corrected chi connectivity index (χ0v) is 19.9. The number of hydrogen-bond acceptors (Lipinski definition) is 3. The molecule has 3 aromatic rings. The van der Waals surface area contributed by atoms with Gasteiger partial charge in [-0.25, -0.2) is 4.79 Å². The molecule has 29 heavy (non-hydrogen) atoms. The van der Waals surface area contributed by atoms with Crippen molar-refractivity contribution in [2.45, 2.75) is 13.8 Å². The molecular formula is C18H16F6IO3Sb. The van der Waals surface area contributed by atoms with Crippen molar-refractivity contribution in [3.63, 3.8) is 0 Å². The van der Waals surface area contributed by atoms with Gasteiger partial charge >= 0.3 is 63.2 Å². The molecule has 1 heterocycles. The molecule has 0 bridgehead atoms. The third kappa shape index (κ3) is 8.86. The average Bonchev–Trinajstić information content (AvgIpc) is 2.57. The Morgan fingerprint density at radius 3 is 2.14 bits per heavy atom. The topological polar surface area (TPSA) is 39.4 Å². The number of halogens is 7. The first-order chi connectivity index (χ1) is 13.1. The minimum absolute atomic E-state index is 0.227. The van der Waals surface area contributed by atoms with Gasteiger partial charge in [-0.2, -0.15) is 0 Å². The van der Waals surface area contributed by atoms with Crippen molar-refractivity contribution < 1.29 is 47.2 Å². The second-order valence-corrected chi connectivity index (χ2v) is 14.1. The molecule has 3 rings (SSSR count). The molecule has 0 fully saturated rings. The number of ether oxygens (including phenoxy) is 1. The van der Waals surface area contributed by atoms with Crippen LogP contribution in [-0.4, -0.2) is 26.1 Å². The monoisotopic (exact) mass is 642 g/mol. The van der Waals surface area contributed by atoms with E-state index in [-0.39, 0.29) is 5.63 Å². The zero-order chi connectivity index (χ0) is 21.9. The van der Waals surface area contributed by atoms with Gasteiger partial charge in [-0.1, -0.05) is 18.2 Å². The van der Waals surface area contributed by atoms with Crippen LogP contribution in [0.1, 0.15) is 12.5 Å². The molecule has 0 amide bonds. The van der Waals surface area contributed by atoms with Gasteiger partial charge in [-0.3, -0.25) is 0 Å². The summed E-state index contributed by atoms with van der Waals surface area (Å²) in [6, 6.07) is 15.8. The van der Waals surface area contributed by atoms with Crippen LogP contribution in [0.25, 0.3) is 11.0 Å². The number of aryl methyl sites for hydroxylation is 1. The summed E-state index contributed by atoms with van der Waals surface area (Å²) in [5.41, 5.74) is 1.38. The molecule has 11 heteroatoms. The van der Waals surface area contributed by atoms with E-state index < -0.39 is 40.7 Å². The van der Waals surface area contributed by atoms with Crippen molar-refractivity contribution in [3.8, 4) is 5.75 Å². The van der Waals surface area contributed by atoms with Crippen LogP contribution >= 0.6 is 0 Å². The first-order valence-electron chi connectivity index (χ1n) is 8.10. The number of rotatable bonds is 4. The van der Waals surface area contributed by atoms with Gasteiger partial charge in [0, 0.05) is 17.0 Å². The summed E-state index contributed by atoms with van der Waals surface area (Å²) in [6.45, 7) is 4.52. The van der Waals surface area contributed by atoms with Crippen LogP contribution in [0.15, 0.2) is 57.7 Å². The molecular weight excluding hydrogens is 627 g/mol. The third-order valence-corrected chi connectivity index (χ3v) is 6.45. The number of hydrogen-bond donors (Lipinski definition) is 0. The fourth-order valence-corrected chi connectivity index (χ4v) is 4.69. The molecule has 0 saturated carbocycles. The average molecular weight is 643 g/mol. The van der Waals surface area contributed by atoms with Crippen LogP contribution in [-0.2, 0) is 0 Å². The van der Waals surface area contributed by atoms with Crippen molar-refractivity contribution in [1.82, 2.24) is 0 Å². The predicted octanol–water partition coefficient (Wildman–Crippen LogP) is 2.77. The summed E-state index contributed by atoms with van der Waals surface area (Å²) < 4.78 is 72.6. The van der Waals surface area contributed by atoms with Crippen LogP contribution in [0.5, 0.6) is 5.75 Å². The second-order valence-electron chi connectivity index (χ2n) is 5.77. The van der Waals surface area contributed by atoms with Gasteiger partial charge in [0.05, 0.1) is 6.61 Å². The molecule has 0 N–H and O–H groups in total. The van der Waals surface area contributed by atoms with E-state index in [1.165, 1.54) is 3.57 Å². The molecule has 0 saturated heterocycles. The molecule has 2 aromatic carbocycles. The minimum atomic E-state index is -11.2. The molecule has 0 radical (unpaired) electrons. The van der Waals surface area contributed by atoms with Crippen LogP contribution in [0.4, 0.5) is 16.9 Å². The predicted molar refractivity (Wildman–Crippen MR) is 94.6 cm³/mol. The van der Waals surface area contributed by atoms with Crippen molar-refractivity contribution in [3.05, 3.63) is 71.7 Å². The zero-order valence-electron chi connectivity index (χ0n) is 15.1. The van der Waals surface area contributed by atoms with E-state index in [4.69, 9.17) is 9.15 Å². The van der Waals surface area contributed by atoms with E-state index in [1.54, 1.807) is 6.07 Å². The van der Waals surface area contributed by atoms with Crippen molar-refractivity contribution >= 4 is 30.4 Å². The molecule has 0 aliphatic heterocycles. The van der Waals surface area contributed by atoms with Gasteiger partial charge in [0.25, 0.3) is 3.57 Å². The Labute approximate surface area is 174 Å². The Morgan fingerprint density at radius 2 is 1.59 bits per heavy atom. The van der Waals surface area contributed by atoms with Gasteiger partial charge in [0.2, 0.25) is 0 Å². The van der Waals surface area contributed by atoms with E-state index >= 15 is 0 Å². The van der Waals surface area contributed by atoms with E-state index in [0.717, 1.165) is 20.3 Å². The first kappa shape index (κ1) is 23.9. The summed E-state index contributed by atoms with van der Waals surface area (Å²) in [6.07, 6.45) is 0. The Bertz CT molecular complexity index is 1060. The maximum atomic E-state index is 12.3. The first-order valence-corrected chi connectivity index (χ1v) is 16.0. The number of benzene rings is 2. The Morgan fingerprint density at radius 1 is 1.00 bits per heavy atom. The summed E-state index contributed by atoms with van der Waals surface area (Å²) >= 11 is -11.8. The fraction of sp³-hybridized carbons (Fsp3) is 0.167. The van der Waals surface area contributed by atoms with Crippen LogP contribution in [0.3, 0.4) is 0 Å². The molecule has 0 unspecified atom stereocenters. The molecule has 1 aromatic heterocycles. The molecule has 3 nitrogen and oxygen atoms in total.